The molecule has 0 bridgehead atoms. The first-order valence-electron chi connectivity index (χ1n) is 6.69. The maximum Gasteiger partial charge on any atom is 0.251 e. The summed E-state index contributed by atoms with van der Waals surface area (Å²) in [5.41, 5.74) is 8.81. The average Bonchev–Trinajstić information content (AvgIpc) is 2.82. The predicted octanol–water partition coefficient (Wildman–Crippen LogP) is 2.09. The zero-order chi connectivity index (χ0) is 14.8. The van der Waals surface area contributed by atoms with E-state index in [0.717, 1.165) is 16.9 Å². The predicted molar refractivity (Wildman–Crippen MR) is 82.7 cm³/mol. The lowest BCUT2D eigenvalue weighted by molar-refractivity contribution is 0.0949. The molecule has 3 aromatic rings. The van der Waals surface area contributed by atoms with Crippen molar-refractivity contribution in [2.24, 2.45) is 7.05 Å². The molecule has 106 valence electrons. The van der Waals surface area contributed by atoms with Crippen molar-refractivity contribution in [1.82, 2.24) is 14.9 Å². The van der Waals surface area contributed by atoms with E-state index in [9.17, 15) is 4.79 Å². The van der Waals surface area contributed by atoms with E-state index in [4.69, 9.17) is 5.73 Å². The fourth-order valence-corrected chi connectivity index (χ4v) is 2.25. The molecule has 0 atom stereocenters. The Bertz CT molecular complexity index is 790. The average molecular weight is 280 g/mol. The summed E-state index contributed by atoms with van der Waals surface area (Å²) in [6, 6.07) is 14.7. The molecule has 3 N–H and O–H groups in total. The van der Waals surface area contributed by atoms with Crippen LogP contribution in [0.3, 0.4) is 0 Å². The van der Waals surface area contributed by atoms with Crippen LogP contribution in [0.25, 0.3) is 11.0 Å². The van der Waals surface area contributed by atoms with Crippen molar-refractivity contribution in [2.75, 3.05) is 5.73 Å². The molecule has 0 fully saturated rings. The van der Waals surface area contributed by atoms with Crippen molar-refractivity contribution in [1.29, 1.82) is 0 Å². The van der Waals surface area contributed by atoms with Crippen LogP contribution in [-0.2, 0) is 13.6 Å². The summed E-state index contributed by atoms with van der Waals surface area (Å²) in [6.45, 7) is 0.383. The monoisotopic (exact) mass is 280 g/mol. The van der Waals surface area contributed by atoms with Gasteiger partial charge in [-0.2, -0.15) is 0 Å². The highest BCUT2D eigenvalue weighted by molar-refractivity contribution is 5.94. The number of imidazole rings is 1. The second-order valence-electron chi connectivity index (χ2n) is 4.88. The highest BCUT2D eigenvalue weighted by Crippen LogP contribution is 2.14. The van der Waals surface area contributed by atoms with Crippen LogP contribution in [0.5, 0.6) is 0 Å². The van der Waals surface area contributed by atoms with Gasteiger partial charge >= 0.3 is 0 Å². The van der Waals surface area contributed by atoms with Gasteiger partial charge in [-0.3, -0.25) is 4.79 Å². The minimum atomic E-state index is -0.137. The molecule has 1 heterocycles. The van der Waals surface area contributed by atoms with Crippen molar-refractivity contribution in [3.05, 3.63) is 59.9 Å². The molecule has 0 aliphatic rings. The molecule has 21 heavy (non-hydrogen) atoms. The minimum Gasteiger partial charge on any atom is -0.399 e. The number of hydrogen-bond acceptors (Lipinski definition) is 3. The number of nitrogens with one attached hydrogen (secondary N) is 1. The van der Waals surface area contributed by atoms with Crippen molar-refractivity contribution < 1.29 is 4.79 Å². The number of benzene rings is 2. The lowest BCUT2D eigenvalue weighted by Gasteiger charge is -2.06. The number of rotatable bonds is 3. The highest BCUT2D eigenvalue weighted by atomic mass is 16.1. The van der Waals surface area contributed by atoms with Gasteiger partial charge in [-0.15, -0.1) is 0 Å². The zero-order valence-electron chi connectivity index (χ0n) is 11.7. The number of anilines is 1. The molecule has 0 spiro atoms. The summed E-state index contributed by atoms with van der Waals surface area (Å²) in [4.78, 5) is 16.6. The summed E-state index contributed by atoms with van der Waals surface area (Å²) in [5.74, 6) is 0.682. The molecule has 2 aromatic carbocycles. The Balaban J connectivity index is 1.75. The number of carbonyl (C=O) groups is 1. The minimum absolute atomic E-state index is 0.137. The molecule has 0 unspecified atom stereocenters. The Morgan fingerprint density at radius 2 is 1.90 bits per heavy atom. The Hall–Kier alpha value is -2.82. The van der Waals surface area contributed by atoms with Crippen molar-refractivity contribution in [3.8, 4) is 0 Å². The number of nitrogens with zero attached hydrogens (tertiary/aromatic N) is 2. The van der Waals surface area contributed by atoms with E-state index in [-0.39, 0.29) is 5.91 Å². The zero-order valence-corrected chi connectivity index (χ0v) is 11.7. The number of aromatic nitrogens is 2. The number of para-hydroxylation sites is 2. The summed E-state index contributed by atoms with van der Waals surface area (Å²) in [5, 5.41) is 2.87. The van der Waals surface area contributed by atoms with Crippen LogP contribution in [0.1, 0.15) is 16.2 Å². The molecule has 3 rings (SSSR count). The van der Waals surface area contributed by atoms with Gasteiger partial charge in [-0.25, -0.2) is 4.98 Å². The summed E-state index contributed by atoms with van der Waals surface area (Å²) < 4.78 is 1.98. The molecule has 0 radical (unpaired) electrons. The largest absolute Gasteiger partial charge is 0.399 e. The van der Waals surface area contributed by atoms with Gasteiger partial charge in [0.05, 0.1) is 17.6 Å². The van der Waals surface area contributed by atoms with E-state index in [0.29, 0.717) is 17.8 Å². The smallest absolute Gasteiger partial charge is 0.251 e. The Morgan fingerprint density at radius 3 is 2.62 bits per heavy atom. The lowest BCUT2D eigenvalue weighted by atomic mass is 10.2. The van der Waals surface area contributed by atoms with Crippen LogP contribution in [0.2, 0.25) is 0 Å². The van der Waals surface area contributed by atoms with E-state index in [2.05, 4.69) is 10.3 Å². The van der Waals surface area contributed by atoms with Gasteiger partial charge in [0.2, 0.25) is 0 Å². The van der Waals surface area contributed by atoms with Crippen LogP contribution < -0.4 is 11.1 Å². The number of hydrogen-bond donors (Lipinski definition) is 2. The Kier molecular flexibility index (Phi) is 3.31. The number of nitrogens with two attached hydrogens (primary N) is 1. The quantitative estimate of drug-likeness (QED) is 0.721. The molecular weight excluding hydrogens is 264 g/mol. The number of fused-ring (bicyclic) bond motifs is 1. The van der Waals surface area contributed by atoms with E-state index in [1.807, 2.05) is 35.9 Å². The second kappa shape index (κ2) is 5.28. The van der Waals surface area contributed by atoms with E-state index in [1.165, 1.54) is 0 Å². The van der Waals surface area contributed by atoms with Crippen molar-refractivity contribution >= 4 is 22.6 Å². The Labute approximate surface area is 122 Å². The highest BCUT2D eigenvalue weighted by Gasteiger charge is 2.09. The van der Waals surface area contributed by atoms with Crippen LogP contribution in [0, 0.1) is 0 Å². The van der Waals surface area contributed by atoms with Gasteiger partial charge in [-0.1, -0.05) is 12.1 Å². The van der Waals surface area contributed by atoms with Crippen LogP contribution in [0.4, 0.5) is 5.69 Å². The molecule has 0 saturated carbocycles. The SMILES string of the molecule is Cn1c(CNC(=O)c2ccc(N)cc2)nc2ccccc21. The van der Waals surface area contributed by atoms with Gasteiger partial charge in [0.1, 0.15) is 5.82 Å². The molecule has 5 nitrogen and oxygen atoms in total. The first-order valence-corrected chi connectivity index (χ1v) is 6.69. The third-order valence-electron chi connectivity index (χ3n) is 3.46. The van der Waals surface area contributed by atoms with Gasteiger partial charge in [0.15, 0.2) is 0 Å². The Morgan fingerprint density at radius 1 is 1.19 bits per heavy atom. The summed E-state index contributed by atoms with van der Waals surface area (Å²) in [6.07, 6.45) is 0. The number of amides is 1. The van der Waals surface area contributed by atoms with Gasteiger partial charge < -0.3 is 15.6 Å². The first kappa shape index (κ1) is 13.2. The van der Waals surface area contributed by atoms with Crippen LogP contribution in [-0.4, -0.2) is 15.5 Å². The van der Waals surface area contributed by atoms with E-state index < -0.39 is 0 Å². The number of nitrogen functional groups attached to an aromatic ring is 1. The molecule has 0 aliphatic heterocycles. The molecule has 1 aromatic heterocycles. The fourth-order valence-electron chi connectivity index (χ4n) is 2.25. The fraction of sp³-hybridized carbons (Fsp3) is 0.125. The third kappa shape index (κ3) is 2.58. The van der Waals surface area contributed by atoms with Crippen LogP contribution in [0.15, 0.2) is 48.5 Å². The maximum atomic E-state index is 12.1. The van der Waals surface area contributed by atoms with E-state index >= 15 is 0 Å². The molecule has 1 amide bonds. The normalized spacial score (nSPS) is 10.7. The summed E-state index contributed by atoms with van der Waals surface area (Å²) in [7, 11) is 1.94. The second-order valence-corrected chi connectivity index (χ2v) is 4.88. The molecule has 5 heteroatoms. The molecule has 0 aliphatic carbocycles. The maximum absolute atomic E-state index is 12.1. The first-order chi connectivity index (χ1) is 10.1. The number of carbonyl (C=O) groups excluding carboxylic acids is 1. The van der Waals surface area contributed by atoms with Crippen molar-refractivity contribution in [3.63, 3.8) is 0 Å². The van der Waals surface area contributed by atoms with E-state index in [1.54, 1.807) is 24.3 Å². The van der Waals surface area contributed by atoms with Crippen molar-refractivity contribution in [2.45, 2.75) is 6.54 Å². The summed E-state index contributed by atoms with van der Waals surface area (Å²) >= 11 is 0. The van der Waals surface area contributed by atoms with Gasteiger partial charge in [-0.05, 0) is 36.4 Å². The lowest BCUT2D eigenvalue weighted by Crippen LogP contribution is -2.24. The van der Waals surface area contributed by atoms with Crippen LogP contribution >= 0.6 is 0 Å². The van der Waals surface area contributed by atoms with Gasteiger partial charge in [0.25, 0.3) is 5.91 Å². The molecule has 0 saturated heterocycles. The third-order valence-corrected chi connectivity index (χ3v) is 3.46. The standard InChI is InChI=1S/C16H16N4O/c1-20-14-5-3-2-4-13(14)19-15(20)10-18-16(21)11-6-8-12(17)9-7-11/h2-9H,10,17H2,1H3,(H,18,21). The number of aryl methyl sites for hydroxylation is 1. The topological polar surface area (TPSA) is 72.9 Å². The van der Waals surface area contributed by atoms with Gasteiger partial charge in [0, 0.05) is 18.3 Å². The molecular formula is C16H16N4O.